The van der Waals surface area contributed by atoms with Crippen LogP contribution in [0.5, 0.6) is 5.75 Å². The van der Waals surface area contributed by atoms with Gasteiger partial charge in [0.1, 0.15) is 5.75 Å². The Kier molecular flexibility index (Phi) is 5.41. The first kappa shape index (κ1) is 15.6. The molecule has 0 radical (unpaired) electrons. The summed E-state index contributed by atoms with van der Waals surface area (Å²) in [4.78, 5) is 26.1. The molecule has 1 aromatic rings. The van der Waals surface area contributed by atoms with Gasteiger partial charge in [0.15, 0.2) is 6.61 Å². The van der Waals surface area contributed by atoms with Crippen molar-refractivity contribution in [1.29, 1.82) is 0 Å². The second kappa shape index (κ2) is 7.28. The number of halogens is 1. The van der Waals surface area contributed by atoms with Crippen molar-refractivity contribution in [2.75, 3.05) is 39.3 Å². The zero-order valence-electron chi connectivity index (χ0n) is 11.5. The number of nitrogens with zero attached hydrogens (tertiary/aromatic N) is 2. The van der Waals surface area contributed by atoms with Gasteiger partial charge in [-0.25, -0.2) is 0 Å². The lowest BCUT2D eigenvalue weighted by Gasteiger charge is -2.33. The summed E-state index contributed by atoms with van der Waals surface area (Å²) in [5, 5.41) is 9.19. The molecule has 0 aromatic heterocycles. The summed E-state index contributed by atoms with van der Waals surface area (Å²) in [6.07, 6.45) is 0. The molecule has 1 aliphatic heterocycles. The van der Waals surface area contributed by atoms with Crippen LogP contribution in [-0.4, -0.2) is 66.1 Å². The molecule has 1 fully saturated rings. The van der Waals surface area contributed by atoms with Gasteiger partial charge < -0.3 is 14.7 Å². The Morgan fingerprint density at radius 3 is 2.48 bits per heavy atom. The van der Waals surface area contributed by atoms with Crippen LogP contribution >= 0.6 is 11.6 Å². The lowest BCUT2D eigenvalue weighted by Crippen LogP contribution is -2.51. The molecule has 0 saturated carbocycles. The number of ether oxygens (including phenoxy) is 1. The second-order valence-corrected chi connectivity index (χ2v) is 5.18. The van der Waals surface area contributed by atoms with Crippen molar-refractivity contribution in [1.82, 2.24) is 9.80 Å². The van der Waals surface area contributed by atoms with Crippen LogP contribution in [0, 0.1) is 0 Å². The number of rotatable bonds is 5. The topological polar surface area (TPSA) is 70.1 Å². The Bertz CT molecular complexity index is 515. The number of carbonyl (C=O) groups is 2. The van der Waals surface area contributed by atoms with E-state index in [1.165, 1.54) is 0 Å². The zero-order valence-corrected chi connectivity index (χ0v) is 12.3. The van der Waals surface area contributed by atoms with Crippen LogP contribution in [0.25, 0.3) is 0 Å². The van der Waals surface area contributed by atoms with E-state index < -0.39 is 5.97 Å². The average molecular weight is 313 g/mol. The fourth-order valence-electron chi connectivity index (χ4n) is 2.14. The highest BCUT2D eigenvalue weighted by Gasteiger charge is 2.22. The molecule has 1 aliphatic rings. The van der Waals surface area contributed by atoms with Crippen LogP contribution < -0.4 is 4.74 Å². The van der Waals surface area contributed by atoms with Crippen molar-refractivity contribution in [3.63, 3.8) is 0 Å². The van der Waals surface area contributed by atoms with Gasteiger partial charge >= 0.3 is 5.97 Å². The van der Waals surface area contributed by atoms with Gasteiger partial charge in [-0.15, -0.1) is 0 Å². The van der Waals surface area contributed by atoms with E-state index in [1.807, 2.05) is 0 Å². The number of carboxylic acids is 1. The van der Waals surface area contributed by atoms with E-state index in [0.29, 0.717) is 37.0 Å². The molecule has 0 atom stereocenters. The highest BCUT2D eigenvalue weighted by molar-refractivity contribution is 6.32. The number of hydrogen-bond acceptors (Lipinski definition) is 4. The molecule has 1 N–H and O–H groups in total. The highest BCUT2D eigenvalue weighted by atomic mass is 35.5. The predicted octanol–water partition coefficient (Wildman–Crippen LogP) is 0.948. The van der Waals surface area contributed by atoms with Gasteiger partial charge in [-0.1, -0.05) is 23.7 Å². The van der Waals surface area contributed by atoms with Crippen molar-refractivity contribution >= 4 is 23.5 Å². The van der Waals surface area contributed by atoms with E-state index in [0.717, 1.165) is 0 Å². The first-order chi connectivity index (χ1) is 10.1. The highest BCUT2D eigenvalue weighted by Crippen LogP contribution is 2.23. The first-order valence-corrected chi connectivity index (χ1v) is 7.03. The third-order valence-corrected chi connectivity index (χ3v) is 3.58. The van der Waals surface area contributed by atoms with E-state index >= 15 is 0 Å². The Hall–Kier alpha value is -1.79. The molecule has 0 aliphatic carbocycles. The standard InChI is InChI=1S/C14H17ClN2O4/c15-11-3-1-2-4-12(11)21-10-13(18)17-7-5-16(6-8-17)9-14(19)20/h1-4H,5-10H2,(H,19,20). The Morgan fingerprint density at radius 2 is 1.86 bits per heavy atom. The molecule has 6 nitrogen and oxygen atoms in total. The number of benzene rings is 1. The maximum absolute atomic E-state index is 12.0. The Labute approximate surface area is 127 Å². The quantitative estimate of drug-likeness (QED) is 0.876. The maximum Gasteiger partial charge on any atom is 0.317 e. The number of amides is 1. The van der Waals surface area contributed by atoms with Gasteiger partial charge in [0.25, 0.3) is 5.91 Å². The molecule has 1 saturated heterocycles. The van der Waals surface area contributed by atoms with Crippen molar-refractivity contribution in [3.05, 3.63) is 29.3 Å². The van der Waals surface area contributed by atoms with Crippen LogP contribution in [0.4, 0.5) is 0 Å². The van der Waals surface area contributed by atoms with E-state index in [1.54, 1.807) is 34.1 Å². The molecular formula is C14H17ClN2O4. The fourth-order valence-corrected chi connectivity index (χ4v) is 2.33. The monoisotopic (exact) mass is 312 g/mol. The minimum Gasteiger partial charge on any atom is -0.482 e. The van der Waals surface area contributed by atoms with Gasteiger partial charge in [0, 0.05) is 26.2 Å². The average Bonchev–Trinajstić information content (AvgIpc) is 2.46. The van der Waals surface area contributed by atoms with Crippen LogP contribution in [0.1, 0.15) is 0 Å². The molecule has 2 rings (SSSR count). The van der Waals surface area contributed by atoms with Crippen molar-refractivity contribution in [3.8, 4) is 5.75 Å². The van der Waals surface area contributed by atoms with Crippen molar-refractivity contribution < 1.29 is 19.4 Å². The summed E-state index contributed by atoms with van der Waals surface area (Å²) < 4.78 is 5.41. The van der Waals surface area contributed by atoms with Gasteiger partial charge in [0.2, 0.25) is 0 Å². The van der Waals surface area contributed by atoms with Gasteiger partial charge in [0.05, 0.1) is 11.6 Å². The summed E-state index contributed by atoms with van der Waals surface area (Å²) in [5.74, 6) is -0.487. The Morgan fingerprint density at radius 1 is 1.19 bits per heavy atom. The summed E-state index contributed by atoms with van der Waals surface area (Å²) in [7, 11) is 0. The first-order valence-electron chi connectivity index (χ1n) is 6.65. The molecule has 1 amide bonds. The molecule has 1 heterocycles. The normalized spacial score (nSPS) is 15.8. The zero-order chi connectivity index (χ0) is 15.2. The van der Waals surface area contributed by atoms with E-state index in [2.05, 4.69) is 0 Å². The SMILES string of the molecule is O=C(O)CN1CCN(C(=O)COc2ccccc2Cl)CC1. The van der Waals surface area contributed by atoms with Gasteiger partial charge in [-0.3, -0.25) is 14.5 Å². The maximum atomic E-state index is 12.0. The van der Waals surface area contributed by atoms with Gasteiger partial charge in [-0.2, -0.15) is 0 Å². The van der Waals surface area contributed by atoms with Crippen LogP contribution in [0.15, 0.2) is 24.3 Å². The summed E-state index contributed by atoms with van der Waals surface area (Å²) in [6.45, 7) is 2.09. The lowest BCUT2D eigenvalue weighted by atomic mass is 10.3. The second-order valence-electron chi connectivity index (χ2n) is 4.77. The van der Waals surface area contributed by atoms with Crippen LogP contribution in [0.2, 0.25) is 5.02 Å². The van der Waals surface area contributed by atoms with E-state index in [9.17, 15) is 9.59 Å². The number of piperazine rings is 1. The number of carboxylic acid groups (broad SMARTS) is 1. The third kappa shape index (κ3) is 4.61. The van der Waals surface area contributed by atoms with Gasteiger partial charge in [-0.05, 0) is 12.1 Å². The predicted molar refractivity (Wildman–Crippen MR) is 77.6 cm³/mol. The molecule has 21 heavy (non-hydrogen) atoms. The minimum absolute atomic E-state index is 0.0121. The molecule has 0 spiro atoms. The number of carbonyl (C=O) groups excluding carboxylic acids is 1. The fraction of sp³-hybridized carbons (Fsp3) is 0.429. The van der Waals surface area contributed by atoms with Crippen LogP contribution in [0.3, 0.4) is 0 Å². The summed E-state index contributed by atoms with van der Waals surface area (Å²) in [5.41, 5.74) is 0. The molecule has 0 bridgehead atoms. The molecule has 0 unspecified atom stereocenters. The number of para-hydroxylation sites is 1. The molecule has 1 aromatic carbocycles. The molecular weight excluding hydrogens is 296 g/mol. The minimum atomic E-state index is -0.850. The Balaban J connectivity index is 1.77. The molecule has 7 heteroatoms. The van der Waals surface area contributed by atoms with E-state index in [4.69, 9.17) is 21.4 Å². The largest absolute Gasteiger partial charge is 0.482 e. The number of aliphatic carboxylic acids is 1. The summed E-state index contributed by atoms with van der Waals surface area (Å²) >= 11 is 5.95. The van der Waals surface area contributed by atoms with Crippen LogP contribution in [-0.2, 0) is 9.59 Å². The van der Waals surface area contributed by atoms with Crippen molar-refractivity contribution in [2.45, 2.75) is 0 Å². The van der Waals surface area contributed by atoms with E-state index in [-0.39, 0.29) is 19.1 Å². The smallest absolute Gasteiger partial charge is 0.317 e. The third-order valence-electron chi connectivity index (χ3n) is 3.27. The summed E-state index contributed by atoms with van der Waals surface area (Å²) in [6, 6.07) is 6.99. The number of hydrogen-bond donors (Lipinski definition) is 1. The molecule has 114 valence electrons. The van der Waals surface area contributed by atoms with Crippen molar-refractivity contribution in [2.24, 2.45) is 0 Å². The lowest BCUT2D eigenvalue weighted by molar-refractivity contribution is -0.139.